The van der Waals surface area contributed by atoms with Crippen LogP contribution in [-0.4, -0.2) is 83.2 Å². The zero-order valence-corrected chi connectivity index (χ0v) is 25.4. The third-order valence-electron chi connectivity index (χ3n) is 8.71. The van der Waals surface area contributed by atoms with Gasteiger partial charge in [-0.3, -0.25) is 14.5 Å². The van der Waals surface area contributed by atoms with Crippen molar-refractivity contribution in [1.82, 2.24) is 14.7 Å². The molecule has 47 heavy (non-hydrogen) atoms. The third-order valence-corrected chi connectivity index (χ3v) is 8.71. The molecule has 9 nitrogen and oxygen atoms in total. The van der Waals surface area contributed by atoms with Gasteiger partial charge < -0.3 is 25.0 Å². The number of rotatable bonds is 9. The molecular formula is C32H36F6N4O5. The number of alkyl halides is 6. The lowest BCUT2D eigenvalue weighted by Crippen LogP contribution is -2.73. The van der Waals surface area contributed by atoms with Crippen LogP contribution >= 0.6 is 0 Å². The lowest BCUT2D eigenvalue weighted by atomic mass is 9.93. The van der Waals surface area contributed by atoms with Crippen LogP contribution < -0.4 is 5.73 Å². The number of nitrogens with two attached hydrogens (primary N) is 1. The Bertz CT molecular complexity index is 1400. The maximum Gasteiger partial charge on any atom is 0.416 e. The second-order valence-corrected chi connectivity index (χ2v) is 12.0. The predicted molar refractivity (Wildman–Crippen MR) is 155 cm³/mol. The molecule has 2 aromatic carbocycles. The highest BCUT2D eigenvalue weighted by Crippen LogP contribution is 2.37. The van der Waals surface area contributed by atoms with Crippen LogP contribution in [0.1, 0.15) is 54.4 Å². The number of hydrogen-bond acceptors (Lipinski definition) is 6. The minimum absolute atomic E-state index is 0.00148. The van der Waals surface area contributed by atoms with Gasteiger partial charge in [0.05, 0.1) is 23.8 Å². The number of benzene rings is 2. The summed E-state index contributed by atoms with van der Waals surface area (Å²) in [4.78, 5) is 45.6. The van der Waals surface area contributed by atoms with E-state index in [1.54, 1.807) is 35.2 Å². The Balaban J connectivity index is 1.48. The highest BCUT2D eigenvalue weighted by Gasteiger charge is 2.52. The van der Waals surface area contributed by atoms with Crippen LogP contribution in [0.2, 0.25) is 0 Å². The molecule has 0 aromatic heterocycles. The van der Waals surface area contributed by atoms with Gasteiger partial charge in [-0.25, -0.2) is 4.79 Å². The lowest BCUT2D eigenvalue weighted by Gasteiger charge is -2.54. The molecule has 3 saturated heterocycles. The molecule has 2 N–H and O–H groups in total. The lowest BCUT2D eigenvalue weighted by molar-refractivity contribution is -0.173. The van der Waals surface area contributed by atoms with Crippen molar-refractivity contribution in [3.63, 3.8) is 0 Å². The molecule has 3 fully saturated rings. The van der Waals surface area contributed by atoms with Crippen LogP contribution in [0.3, 0.4) is 0 Å². The Labute approximate surface area is 267 Å². The normalized spacial score (nSPS) is 23.7. The van der Waals surface area contributed by atoms with E-state index in [2.05, 4.69) is 0 Å². The van der Waals surface area contributed by atoms with E-state index in [-0.39, 0.29) is 62.9 Å². The van der Waals surface area contributed by atoms with Gasteiger partial charge in [0.25, 0.3) is 0 Å². The number of piperazine rings is 1. The summed E-state index contributed by atoms with van der Waals surface area (Å²) in [5, 5.41) is 0. The number of ether oxygens (including phenoxy) is 2. The first-order valence-electron chi connectivity index (χ1n) is 15.4. The van der Waals surface area contributed by atoms with E-state index in [1.165, 1.54) is 9.80 Å². The zero-order valence-electron chi connectivity index (χ0n) is 25.4. The molecule has 256 valence electrons. The second-order valence-electron chi connectivity index (χ2n) is 12.0. The molecule has 3 unspecified atom stereocenters. The van der Waals surface area contributed by atoms with Crippen molar-refractivity contribution < 1.29 is 50.2 Å². The van der Waals surface area contributed by atoms with E-state index in [9.17, 15) is 40.7 Å². The Hall–Kier alpha value is -3.85. The molecule has 5 rings (SSSR count). The number of fused-ring (bicyclic) bond motifs is 1. The smallest absolute Gasteiger partial charge is 0.416 e. The highest BCUT2D eigenvalue weighted by molar-refractivity contribution is 5.91. The summed E-state index contributed by atoms with van der Waals surface area (Å²) in [6, 6.07) is 8.27. The second kappa shape index (κ2) is 14.1. The summed E-state index contributed by atoms with van der Waals surface area (Å²) < 4.78 is 92.0. The maximum absolute atomic E-state index is 13.9. The van der Waals surface area contributed by atoms with Crippen molar-refractivity contribution in [2.45, 2.75) is 81.8 Å². The van der Waals surface area contributed by atoms with Crippen molar-refractivity contribution in [3.05, 3.63) is 70.8 Å². The number of carbonyl (C=O) groups is 3. The monoisotopic (exact) mass is 670 g/mol. The molecule has 0 spiro atoms. The van der Waals surface area contributed by atoms with E-state index in [1.807, 2.05) is 0 Å². The van der Waals surface area contributed by atoms with Crippen LogP contribution in [0, 0.1) is 0 Å². The van der Waals surface area contributed by atoms with Crippen LogP contribution in [-0.2, 0) is 44.4 Å². The Morgan fingerprint density at radius 3 is 2.26 bits per heavy atom. The Kier molecular flexibility index (Phi) is 10.3. The van der Waals surface area contributed by atoms with Crippen molar-refractivity contribution >= 4 is 17.9 Å². The quantitative estimate of drug-likeness (QED) is 0.379. The molecule has 0 bridgehead atoms. The molecule has 2 aromatic rings. The van der Waals surface area contributed by atoms with Crippen molar-refractivity contribution in [1.29, 1.82) is 0 Å². The van der Waals surface area contributed by atoms with E-state index < -0.39 is 60.0 Å². The minimum atomic E-state index is -5.08. The first kappa shape index (κ1) is 34.5. The van der Waals surface area contributed by atoms with E-state index in [4.69, 9.17) is 15.2 Å². The van der Waals surface area contributed by atoms with Gasteiger partial charge in [0.1, 0.15) is 18.8 Å². The van der Waals surface area contributed by atoms with Gasteiger partial charge in [-0.2, -0.15) is 26.3 Å². The molecule has 3 aliphatic rings. The van der Waals surface area contributed by atoms with E-state index in [0.29, 0.717) is 25.2 Å². The number of amides is 3. The first-order valence-corrected chi connectivity index (χ1v) is 15.4. The maximum atomic E-state index is 13.9. The molecule has 4 atom stereocenters. The SMILES string of the molecule is NCCC[C@H]1C(=O)N(CC2CCCO2)CC2N(C(=O)OCc3cc(C(F)(F)F)cc(C(F)(F)F)c3)C(Cc3ccccc3)CC(=O)N21. The van der Waals surface area contributed by atoms with Crippen LogP contribution in [0.4, 0.5) is 31.1 Å². The molecule has 3 heterocycles. The fraction of sp³-hybridized carbons (Fsp3) is 0.531. The highest BCUT2D eigenvalue weighted by atomic mass is 19.4. The summed E-state index contributed by atoms with van der Waals surface area (Å²) in [6.45, 7) is 0.0527. The van der Waals surface area contributed by atoms with Crippen LogP contribution in [0.15, 0.2) is 48.5 Å². The molecule has 15 heteroatoms. The summed E-state index contributed by atoms with van der Waals surface area (Å²) >= 11 is 0. The van der Waals surface area contributed by atoms with Gasteiger partial charge in [-0.15, -0.1) is 0 Å². The van der Waals surface area contributed by atoms with E-state index in [0.717, 1.165) is 18.4 Å². The molecule has 0 saturated carbocycles. The summed E-state index contributed by atoms with van der Waals surface area (Å²) in [5.74, 6) is -0.670. The van der Waals surface area contributed by atoms with Gasteiger partial charge in [-0.05, 0) is 68.0 Å². The largest absolute Gasteiger partial charge is 0.444 e. The van der Waals surface area contributed by atoms with Gasteiger partial charge in [0.15, 0.2) is 0 Å². The van der Waals surface area contributed by atoms with Crippen molar-refractivity contribution in [2.24, 2.45) is 5.73 Å². The van der Waals surface area contributed by atoms with Gasteiger partial charge >= 0.3 is 18.4 Å². The zero-order chi connectivity index (χ0) is 33.9. The molecule has 3 amide bonds. The van der Waals surface area contributed by atoms with Crippen molar-refractivity contribution in [2.75, 3.05) is 26.2 Å². The summed E-state index contributed by atoms with van der Waals surface area (Å²) in [7, 11) is 0. The van der Waals surface area contributed by atoms with Crippen molar-refractivity contribution in [3.8, 4) is 0 Å². The summed E-state index contributed by atoms with van der Waals surface area (Å²) in [5.41, 5.74) is 2.95. The Morgan fingerprint density at radius 1 is 0.979 bits per heavy atom. The van der Waals surface area contributed by atoms with Gasteiger partial charge in [0, 0.05) is 25.6 Å². The minimum Gasteiger partial charge on any atom is -0.444 e. The number of carbonyl (C=O) groups excluding carboxylic acids is 3. The van der Waals surface area contributed by atoms with Crippen LogP contribution in [0.25, 0.3) is 0 Å². The van der Waals surface area contributed by atoms with Gasteiger partial charge in [0.2, 0.25) is 11.8 Å². The molecule has 0 aliphatic carbocycles. The number of hydrogen-bond donors (Lipinski definition) is 1. The average Bonchev–Trinajstić information content (AvgIpc) is 3.53. The fourth-order valence-electron chi connectivity index (χ4n) is 6.55. The summed E-state index contributed by atoms with van der Waals surface area (Å²) in [6.07, 6.45) is -10.2. The fourth-order valence-corrected chi connectivity index (χ4v) is 6.55. The topological polar surface area (TPSA) is 105 Å². The van der Waals surface area contributed by atoms with Gasteiger partial charge in [-0.1, -0.05) is 30.3 Å². The molecule has 3 aliphatic heterocycles. The first-order chi connectivity index (χ1) is 22.3. The Morgan fingerprint density at radius 2 is 1.66 bits per heavy atom. The average molecular weight is 671 g/mol. The number of halogens is 6. The van der Waals surface area contributed by atoms with Crippen LogP contribution in [0.5, 0.6) is 0 Å². The molecular weight excluding hydrogens is 634 g/mol. The standard InChI is InChI=1S/C32H36F6N4O5/c33-31(34,35)22-12-21(13-23(15-22)32(36,37)38)19-47-30(45)41-24(14-20-6-2-1-3-7-20)16-28(43)42-26(9-4-10-39)29(44)40(18-27(41)42)17-25-8-5-11-46-25/h1-3,6-7,12-13,15,24-27H,4-5,8-11,14,16-19,39H2/t24?,25?,26-,27?/m0/s1. The van der Waals surface area contributed by atoms with E-state index >= 15 is 0 Å². The predicted octanol–water partition coefficient (Wildman–Crippen LogP) is 4.96. The molecule has 0 radical (unpaired) electrons. The number of nitrogens with zero attached hydrogens (tertiary/aromatic N) is 3. The third kappa shape index (κ3) is 8.00.